The third-order valence-electron chi connectivity index (χ3n) is 4.73. The first kappa shape index (κ1) is 20.3. The number of carbonyl (C=O) groups is 1. The number of nitrogens with zero attached hydrogens (tertiary/aromatic N) is 1. The summed E-state index contributed by atoms with van der Waals surface area (Å²) in [5.41, 5.74) is 0.385. The molecule has 0 spiro atoms. The first-order valence-corrected chi connectivity index (χ1v) is 10.4. The van der Waals surface area contributed by atoms with Crippen LogP contribution >= 0.6 is 11.8 Å². The van der Waals surface area contributed by atoms with Crippen molar-refractivity contribution in [1.82, 2.24) is 4.90 Å². The van der Waals surface area contributed by atoms with E-state index in [0.717, 1.165) is 23.4 Å². The SMILES string of the molecule is O=C(c1ccc(C(F)(F)F)cc1)N1CCSC1c1cccc(Oc2ccccc2)c1. The number of halogens is 3. The molecule has 1 aliphatic rings. The van der Waals surface area contributed by atoms with E-state index < -0.39 is 11.7 Å². The van der Waals surface area contributed by atoms with Crippen molar-refractivity contribution in [3.8, 4) is 11.5 Å². The van der Waals surface area contributed by atoms with Crippen LogP contribution in [0.3, 0.4) is 0 Å². The molecule has 1 atom stereocenters. The highest BCUT2D eigenvalue weighted by molar-refractivity contribution is 7.99. The zero-order valence-electron chi connectivity index (χ0n) is 15.8. The number of benzene rings is 3. The minimum Gasteiger partial charge on any atom is -0.457 e. The van der Waals surface area contributed by atoms with Crippen LogP contribution in [0.25, 0.3) is 0 Å². The van der Waals surface area contributed by atoms with Gasteiger partial charge in [-0.2, -0.15) is 13.2 Å². The third kappa shape index (κ3) is 4.46. The molecule has 0 N–H and O–H groups in total. The van der Waals surface area contributed by atoms with Crippen LogP contribution in [0.4, 0.5) is 13.2 Å². The van der Waals surface area contributed by atoms with Crippen molar-refractivity contribution < 1.29 is 22.7 Å². The summed E-state index contributed by atoms with van der Waals surface area (Å²) in [6.07, 6.45) is -4.42. The van der Waals surface area contributed by atoms with E-state index in [-0.39, 0.29) is 16.8 Å². The highest BCUT2D eigenvalue weighted by Crippen LogP contribution is 2.40. The summed E-state index contributed by atoms with van der Waals surface area (Å²) in [5, 5.41) is -0.223. The van der Waals surface area contributed by atoms with Crippen LogP contribution in [0.15, 0.2) is 78.9 Å². The molecule has 7 heteroatoms. The lowest BCUT2D eigenvalue weighted by atomic mass is 10.1. The number of carbonyl (C=O) groups excluding carboxylic acids is 1. The summed E-state index contributed by atoms with van der Waals surface area (Å²) in [7, 11) is 0. The Balaban J connectivity index is 1.53. The number of alkyl halides is 3. The van der Waals surface area contributed by atoms with Crippen molar-refractivity contribution in [2.24, 2.45) is 0 Å². The van der Waals surface area contributed by atoms with E-state index in [4.69, 9.17) is 4.74 Å². The second-order valence-electron chi connectivity index (χ2n) is 6.78. The molecule has 1 heterocycles. The minimum absolute atomic E-state index is 0.223. The number of thioether (sulfide) groups is 1. The molecule has 30 heavy (non-hydrogen) atoms. The molecule has 154 valence electrons. The van der Waals surface area contributed by atoms with Crippen molar-refractivity contribution in [3.63, 3.8) is 0 Å². The molecule has 4 rings (SSSR count). The van der Waals surface area contributed by atoms with Gasteiger partial charge in [0, 0.05) is 17.9 Å². The van der Waals surface area contributed by atoms with Crippen molar-refractivity contribution in [1.29, 1.82) is 0 Å². The van der Waals surface area contributed by atoms with Gasteiger partial charge in [-0.05, 0) is 54.1 Å². The van der Waals surface area contributed by atoms with Crippen LogP contribution in [-0.4, -0.2) is 23.1 Å². The molecule has 0 aromatic heterocycles. The van der Waals surface area contributed by atoms with Gasteiger partial charge in [-0.25, -0.2) is 0 Å². The van der Waals surface area contributed by atoms with Gasteiger partial charge in [-0.15, -0.1) is 11.8 Å². The molecule has 1 amide bonds. The summed E-state index contributed by atoms with van der Waals surface area (Å²) in [5.74, 6) is 1.84. The number of amides is 1. The van der Waals surface area contributed by atoms with Crippen LogP contribution in [0.1, 0.15) is 26.9 Å². The zero-order valence-corrected chi connectivity index (χ0v) is 16.6. The summed E-state index contributed by atoms with van der Waals surface area (Å²) in [4.78, 5) is 14.7. The van der Waals surface area contributed by atoms with E-state index in [2.05, 4.69) is 0 Å². The number of ether oxygens (including phenoxy) is 1. The standard InChI is InChI=1S/C23H18F3NO2S/c24-23(25,26)18-11-9-16(10-12-18)21(28)27-13-14-30-22(27)17-5-4-8-20(15-17)29-19-6-2-1-3-7-19/h1-12,15,22H,13-14H2. The number of hydrogen-bond donors (Lipinski definition) is 0. The van der Waals surface area contributed by atoms with Gasteiger partial charge in [0.2, 0.25) is 0 Å². The van der Waals surface area contributed by atoms with Gasteiger partial charge in [0.1, 0.15) is 16.9 Å². The highest BCUT2D eigenvalue weighted by atomic mass is 32.2. The van der Waals surface area contributed by atoms with Crippen molar-refractivity contribution >= 4 is 17.7 Å². The van der Waals surface area contributed by atoms with Crippen LogP contribution in [0.2, 0.25) is 0 Å². The second-order valence-corrected chi connectivity index (χ2v) is 7.97. The Morgan fingerprint density at radius 3 is 2.33 bits per heavy atom. The van der Waals surface area contributed by atoms with Gasteiger partial charge in [-0.3, -0.25) is 4.79 Å². The number of para-hydroxylation sites is 1. The summed E-state index contributed by atoms with van der Waals surface area (Å²) in [6, 6.07) is 21.3. The highest BCUT2D eigenvalue weighted by Gasteiger charge is 2.33. The largest absolute Gasteiger partial charge is 0.457 e. The first-order valence-electron chi connectivity index (χ1n) is 9.34. The van der Waals surface area contributed by atoms with Crippen LogP contribution in [-0.2, 0) is 6.18 Å². The average molecular weight is 429 g/mol. The van der Waals surface area contributed by atoms with Gasteiger partial charge in [0.25, 0.3) is 5.91 Å². The average Bonchev–Trinajstić information content (AvgIpc) is 3.24. The van der Waals surface area contributed by atoms with Gasteiger partial charge < -0.3 is 9.64 Å². The van der Waals surface area contributed by atoms with E-state index >= 15 is 0 Å². The van der Waals surface area contributed by atoms with Crippen LogP contribution in [0.5, 0.6) is 11.5 Å². The molecular weight excluding hydrogens is 411 g/mol. The number of rotatable bonds is 4. The van der Waals surface area contributed by atoms with E-state index in [9.17, 15) is 18.0 Å². The maximum atomic E-state index is 13.0. The fourth-order valence-corrected chi connectivity index (χ4v) is 4.52. The summed E-state index contributed by atoms with van der Waals surface area (Å²) >= 11 is 1.62. The Kier molecular flexibility index (Phi) is 5.72. The van der Waals surface area contributed by atoms with Crippen molar-refractivity contribution in [3.05, 3.63) is 95.6 Å². The lowest BCUT2D eigenvalue weighted by Crippen LogP contribution is -2.30. The summed E-state index contributed by atoms with van der Waals surface area (Å²) < 4.78 is 44.3. The summed E-state index contributed by atoms with van der Waals surface area (Å²) in [6.45, 7) is 0.527. The van der Waals surface area contributed by atoms with Gasteiger partial charge in [-0.1, -0.05) is 30.3 Å². The molecule has 0 bridgehead atoms. The maximum absolute atomic E-state index is 13.0. The molecule has 3 aromatic rings. The van der Waals surface area contributed by atoms with Gasteiger partial charge in [0.05, 0.1) is 5.56 Å². The topological polar surface area (TPSA) is 29.5 Å². The molecule has 0 aliphatic carbocycles. The predicted molar refractivity (Wildman–Crippen MR) is 111 cm³/mol. The zero-order chi connectivity index (χ0) is 21.1. The lowest BCUT2D eigenvalue weighted by molar-refractivity contribution is -0.137. The van der Waals surface area contributed by atoms with E-state index in [1.54, 1.807) is 16.7 Å². The lowest BCUT2D eigenvalue weighted by Gasteiger charge is -2.24. The smallest absolute Gasteiger partial charge is 0.416 e. The molecule has 3 nitrogen and oxygen atoms in total. The second kappa shape index (κ2) is 8.44. The van der Waals surface area contributed by atoms with Gasteiger partial charge >= 0.3 is 6.18 Å². The van der Waals surface area contributed by atoms with Gasteiger partial charge in [0.15, 0.2) is 0 Å². The Morgan fingerprint density at radius 1 is 0.933 bits per heavy atom. The fourth-order valence-electron chi connectivity index (χ4n) is 3.28. The molecule has 3 aromatic carbocycles. The molecule has 1 aliphatic heterocycles. The monoisotopic (exact) mass is 429 g/mol. The van der Waals surface area contributed by atoms with Crippen molar-refractivity contribution in [2.45, 2.75) is 11.6 Å². The predicted octanol–water partition coefficient (Wildman–Crippen LogP) is 6.39. The Bertz CT molecular complexity index is 1020. The Hall–Kier alpha value is -2.93. The van der Waals surface area contributed by atoms with E-state index in [0.29, 0.717) is 18.0 Å². The first-order chi connectivity index (χ1) is 14.4. The van der Waals surface area contributed by atoms with Crippen LogP contribution < -0.4 is 4.74 Å². The molecule has 1 saturated heterocycles. The Labute approximate surface area is 176 Å². The molecule has 1 unspecified atom stereocenters. The fraction of sp³-hybridized carbons (Fsp3) is 0.174. The normalized spacial score (nSPS) is 16.5. The third-order valence-corrected chi connectivity index (χ3v) is 5.99. The molecule has 0 radical (unpaired) electrons. The quantitative estimate of drug-likeness (QED) is 0.482. The van der Waals surface area contributed by atoms with Crippen LogP contribution in [0, 0.1) is 0 Å². The van der Waals surface area contributed by atoms with E-state index in [1.807, 2.05) is 54.6 Å². The van der Waals surface area contributed by atoms with E-state index in [1.165, 1.54) is 12.1 Å². The molecular formula is C23H18F3NO2S. The maximum Gasteiger partial charge on any atom is 0.416 e. The molecule has 1 fully saturated rings. The minimum atomic E-state index is -4.42. The van der Waals surface area contributed by atoms with Crippen molar-refractivity contribution in [2.75, 3.05) is 12.3 Å². The Morgan fingerprint density at radius 2 is 1.63 bits per heavy atom. The number of hydrogen-bond acceptors (Lipinski definition) is 3. The molecule has 0 saturated carbocycles.